The van der Waals surface area contributed by atoms with Gasteiger partial charge in [0.25, 0.3) is 15.9 Å². The molecule has 0 saturated heterocycles. The Bertz CT molecular complexity index is 773. The first-order valence-corrected chi connectivity index (χ1v) is 8.05. The smallest absolute Gasteiger partial charge is 0.287 e. The topological polar surface area (TPSA) is 92.8 Å². The molecule has 2 aromatic rings. The number of hydrogen-bond donors (Lipinski definition) is 1. The molecule has 0 unspecified atom stereocenters. The third-order valence-corrected chi connectivity index (χ3v) is 4.76. The van der Waals surface area contributed by atoms with Crippen molar-refractivity contribution in [3.63, 3.8) is 0 Å². The van der Waals surface area contributed by atoms with Crippen molar-refractivity contribution in [1.29, 1.82) is 0 Å². The van der Waals surface area contributed by atoms with Gasteiger partial charge in [-0.05, 0) is 38.1 Å². The highest BCUT2D eigenvalue weighted by Crippen LogP contribution is 2.19. The Hall–Kier alpha value is -2.06. The fourth-order valence-electron chi connectivity index (χ4n) is 1.79. The number of nitrogens with zero attached hydrogens (tertiary/aromatic N) is 1. The van der Waals surface area contributed by atoms with Gasteiger partial charge in [0.1, 0.15) is 11.5 Å². The second-order valence-electron chi connectivity index (χ2n) is 5.05. The quantitative estimate of drug-likeness (QED) is 0.906. The summed E-state index contributed by atoms with van der Waals surface area (Å²) in [6.07, 6.45) is 0. The SMILES string of the molecule is Cc1ccc([C@@H](C)NC(=O)c2ccc(S(=O)(=O)N(C)C)o2)o1. The lowest BCUT2D eigenvalue weighted by atomic mass is 10.2. The van der Waals surface area contributed by atoms with E-state index in [1.54, 1.807) is 19.1 Å². The Kier molecular flexibility index (Phi) is 4.43. The number of sulfonamides is 1. The minimum atomic E-state index is -3.70. The standard InChI is InChI=1S/C14H18N2O5S/c1-9-5-6-11(20-9)10(2)15-14(17)12-7-8-13(21-12)22(18,19)16(3)4/h5-8,10H,1-4H3,(H,15,17)/t10-/m1/s1. The van der Waals surface area contributed by atoms with Gasteiger partial charge in [0.2, 0.25) is 5.09 Å². The Morgan fingerprint density at radius 2 is 1.86 bits per heavy atom. The largest absolute Gasteiger partial charge is 0.464 e. The molecule has 0 spiro atoms. The highest BCUT2D eigenvalue weighted by Gasteiger charge is 2.24. The van der Waals surface area contributed by atoms with Gasteiger partial charge in [0, 0.05) is 14.1 Å². The first-order chi connectivity index (χ1) is 10.2. The first kappa shape index (κ1) is 16.3. The summed E-state index contributed by atoms with van der Waals surface area (Å²) < 4.78 is 35.4. The van der Waals surface area contributed by atoms with Crippen LogP contribution in [0.3, 0.4) is 0 Å². The van der Waals surface area contributed by atoms with Gasteiger partial charge in [0.05, 0.1) is 6.04 Å². The molecule has 7 nitrogen and oxygen atoms in total. The Morgan fingerprint density at radius 1 is 1.18 bits per heavy atom. The summed E-state index contributed by atoms with van der Waals surface area (Å²) >= 11 is 0. The minimum Gasteiger partial charge on any atom is -0.464 e. The molecule has 0 fully saturated rings. The van der Waals surface area contributed by atoms with Crippen LogP contribution < -0.4 is 5.32 Å². The average molecular weight is 326 g/mol. The molecule has 8 heteroatoms. The fourth-order valence-corrected chi connectivity index (χ4v) is 2.58. The number of carbonyl (C=O) groups excluding carboxylic acids is 1. The number of aryl methyl sites for hydroxylation is 1. The molecule has 22 heavy (non-hydrogen) atoms. The maximum Gasteiger partial charge on any atom is 0.287 e. The summed E-state index contributed by atoms with van der Waals surface area (Å²) in [7, 11) is -0.923. The van der Waals surface area contributed by atoms with E-state index in [-0.39, 0.29) is 16.9 Å². The van der Waals surface area contributed by atoms with E-state index in [2.05, 4.69) is 5.32 Å². The number of amides is 1. The van der Waals surface area contributed by atoms with Crippen LogP contribution in [0.15, 0.2) is 38.2 Å². The van der Waals surface area contributed by atoms with Crippen molar-refractivity contribution in [1.82, 2.24) is 9.62 Å². The van der Waals surface area contributed by atoms with Crippen molar-refractivity contribution in [2.45, 2.75) is 25.0 Å². The highest BCUT2D eigenvalue weighted by molar-refractivity contribution is 7.88. The molecule has 1 atom stereocenters. The number of carbonyl (C=O) groups is 1. The molecular formula is C14H18N2O5S. The zero-order valence-electron chi connectivity index (χ0n) is 12.8. The second-order valence-corrected chi connectivity index (χ2v) is 7.13. The third-order valence-electron chi connectivity index (χ3n) is 3.08. The van der Waals surface area contributed by atoms with Gasteiger partial charge in [-0.1, -0.05) is 0 Å². The van der Waals surface area contributed by atoms with Crippen LogP contribution in [0.2, 0.25) is 0 Å². The molecule has 0 bridgehead atoms. The molecule has 120 valence electrons. The molecule has 0 aromatic carbocycles. The van der Waals surface area contributed by atoms with Gasteiger partial charge >= 0.3 is 0 Å². The molecule has 1 amide bonds. The van der Waals surface area contributed by atoms with Gasteiger partial charge < -0.3 is 14.2 Å². The van der Waals surface area contributed by atoms with E-state index in [1.165, 1.54) is 26.2 Å². The van der Waals surface area contributed by atoms with Gasteiger partial charge in [-0.3, -0.25) is 4.79 Å². The molecule has 0 aliphatic carbocycles. The highest BCUT2D eigenvalue weighted by atomic mass is 32.2. The Balaban J connectivity index is 2.13. The van der Waals surface area contributed by atoms with Crippen molar-refractivity contribution in [2.24, 2.45) is 0 Å². The Labute approximate surface area is 128 Å². The van der Waals surface area contributed by atoms with Crippen LogP contribution in [0, 0.1) is 6.92 Å². The number of rotatable bonds is 5. The van der Waals surface area contributed by atoms with E-state index < -0.39 is 15.9 Å². The molecule has 0 saturated carbocycles. The van der Waals surface area contributed by atoms with Gasteiger partial charge in [0.15, 0.2) is 5.76 Å². The monoisotopic (exact) mass is 326 g/mol. The van der Waals surface area contributed by atoms with E-state index in [4.69, 9.17) is 8.83 Å². The Morgan fingerprint density at radius 3 is 2.41 bits per heavy atom. The normalized spacial score (nSPS) is 13.3. The third kappa shape index (κ3) is 3.23. The summed E-state index contributed by atoms with van der Waals surface area (Å²) in [5, 5.41) is 2.41. The van der Waals surface area contributed by atoms with E-state index in [0.29, 0.717) is 5.76 Å². The molecule has 0 radical (unpaired) electrons. The fraction of sp³-hybridized carbons (Fsp3) is 0.357. The molecule has 2 aromatic heterocycles. The maximum atomic E-state index is 12.1. The molecule has 0 aliphatic heterocycles. The predicted molar refractivity (Wildman–Crippen MR) is 78.9 cm³/mol. The number of hydrogen-bond acceptors (Lipinski definition) is 5. The van der Waals surface area contributed by atoms with E-state index in [1.807, 2.05) is 6.92 Å². The predicted octanol–water partition coefficient (Wildman–Crippen LogP) is 1.92. The van der Waals surface area contributed by atoms with Crippen LogP contribution in [-0.2, 0) is 10.0 Å². The van der Waals surface area contributed by atoms with Crippen LogP contribution >= 0.6 is 0 Å². The van der Waals surface area contributed by atoms with Gasteiger partial charge in [-0.25, -0.2) is 12.7 Å². The summed E-state index contributed by atoms with van der Waals surface area (Å²) in [5.74, 6) is 0.768. The second kappa shape index (κ2) is 5.98. The van der Waals surface area contributed by atoms with Crippen molar-refractivity contribution in [3.05, 3.63) is 41.5 Å². The molecule has 2 rings (SSSR count). The molecule has 0 aliphatic rings. The minimum absolute atomic E-state index is 0.0736. The van der Waals surface area contributed by atoms with E-state index >= 15 is 0 Å². The molecule has 2 heterocycles. The van der Waals surface area contributed by atoms with Gasteiger partial charge in [-0.2, -0.15) is 0 Å². The van der Waals surface area contributed by atoms with Gasteiger partial charge in [-0.15, -0.1) is 0 Å². The van der Waals surface area contributed by atoms with Crippen molar-refractivity contribution < 1.29 is 22.0 Å². The molecule has 1 N–H and O–H groups in total. The average Bonchev–Trinajstić information content (AvgIpc) is 3.07. The summed E-state index contributed by atoms with van der Waals surface area (Å²) in [6, 6.07) is 5.79. The lowest BCUT2D eigenvalue weighted by Gasteiger charge is -2.10. The maximum absolute atomic E-state index is 12.1. The van der Waals surface area contributed by atoms with Crippen molar-refractivity contribution in [2.75, 3.05) is 14.1 Å². The van der Waals surface area contributed by atoms with Crippen molar-refractivity contribution >= 4 is 15.9 Å². The number of furan rings is 2. The van der Waals surface area contributed by atoms with E-state index in [0.717, 1.165) is 10.1 Å². The lowest BCUT2D eigenvalue weighted by molar-refractivity contribution is 0.0901. The van der Waals surface area contributed by atoms with Crippen molar-refractivity contribution in [3.8, 4) is 0 Å². The van der Waals surface area contributed by atoms with Crippen LogP contribution in [-0.4, -0.2) is 32.7 Å². The summed E-state index contributed by atoms with van der Waals surface area (Å²) in [5.41, 5.74) is 0. The first-order valence-electron chi connectivity index (χ1n) is 6.61. The van der Waals surface area contributed by atoms with E-state index in [9.17, 15) is 13.2 Å². The molecular weight excluding hydrogens is 308 g/mol. The zero-order chi connectivity index (χ0) is 16.5. The van der Waals surface area contributed by atoms with Crippen LogP contribution in [0.25, 0.3) is 0 Å². The number of nitrogens with one attached hydrogen (secondary N) is 1. The summed E-state index contributed by atoms with van der Waals surface area (Å²) in [6.45, 7) is 3.57. The van der Waals surface area contributed by atoms with Crippen LogP contribution in [0.5, 0.6) is 0 Å². The van der Waals surface area contributed by atoms with Crippen LogP contribution in [0.4, 0.5) is 0 Å². The van der Waals surface area contributed by atoms with Crippen LogP contribution in [0.1, 0.15) is 35.0 Å². The zero-order valence-corrected chi connectivity index (χ0v) is 13.6. The summed E-state index contributed by atoms with van der Waals surface area (Å²) in [4.78, 5) is 12.1. The lowest BCUT2D eigenvalue weighted by Crippen LogP contribution is -2.26.